The van der Waals surface area contributed by atoms with Crippen LogP contribution in [0.2, 0.25) is 0 Å². The Bertz CT molecular complexity index is 2660. The predicted octanol–water partition coefficient (Wildman–Crippen LogP) is 5.52. The number of hydrogen-bond donors (Lipinski definition) is 6. The van der Waals surface area contributed by atoms with E-state index in [0.29, 0.717) is 49.6 Å². The summed E-state index contributed by atoms with van der Waals surface area (Å²) in [7, 11) is -5.51. The number of nitrogens with one attached hydrogen (secondary N) is 1. The number of halogens is 1. The molecule has 0 radical (unpaired) electrons. The Hall–Kier alpha value is -5.42. The van der Waals surface area contributed by atoms with Gasteiger partial charge in [0.05, 0.1) is 45.1 Å². The Labute approximate surface area is 401 Å². The van der Waals surface area contributed by atoms with Gasteiger partial charge < -0.3 is 35.6 Å². The first-order valence-electron chi connectivity index (χ1n) is 21.4. The summed E-state index contributed by atoms with van der Waals surface area (Å²) >= 11 is 0. The topological polar surface area (TPSA) is 265 Å². The van der Waals surface area contributed by atoms with Gasteiger partial charge in [0, 0.05) is 35.9 Å². The average Bonchev–Trinajstić information content (AvgIpc) is 4.16. The van der Waals surface area contributed by atoms with Crippen LogP contribution in [0.1, 0.15) is 59.2 Å². The van der Waals surface area contributed by atoms with Gasteiger partial charge in [-0.05, 0) is 106 Å². The van der Waals surface area contributed by atoms with Crippen molar-refractivity contribution in [3.05, 3.63) is 139 Å². The van der Waals surface area contributed by atoms with Crippen molar-refractivity contribution in [3.8, 4) is 23.0 Å². The molecule has 68 heavy (non-hydrogen) atoms. The molecule has 3 heterocycles. The highest BCUT2D eigenvalue weighted by atomic mass is 35.7. The quantitative estimate of drug-likeness (QED) is 0.0664. The Morgan fingerprint density at radius 2 is 1.00 bits per heavy atom. The van der Waals surface area contributed by atoms with Gasteiger partial charge in [-0.3, -0.25) is 9.59 Å². The molecule has 0 unspecified atom stereocenters. The lowest BCUT2D eigenvalue weighted by Crippen LogP contribution is -2.39. The average molecular weight is 1020 g/mol. The number of rotatable bonds is 12. The van der Waals surface area contributed by atoms with E-state index in [2.05, 4.69) is 5.32 Å². The first kappa shape index (κ1) is 55.2. The van der Waals surface area contributed by atoms with E-state index in [0.717, 1.165) is 32.2 Å². The number of nitrogens with zero attached hydrogens (tertiary/aromatic N) is 2. The van der Waals surface area contributed by atoms with E-state index in [4.69, 9.17) is 35.8 Å². The summed E-state index contributed by atoms with van der Waals surface area (Å²) in [5.74, 6) is -0.309. The van der Waals surface area contributed by atoms with Gasteiger partial charge in [-0.15, -0.1) is 0 Å². The minimum absolute atomic E-state index is 0.0671. The Kier molecular flexibility index (Phi) is 21.9. The van der Waals surface area contributed by atoms with E-state index < -0.39 is 29.1 Å². The molecule has 5 aromatic rings. The third-order valence-corrected chi connectivity index (χ3v) is 16.0. The summed E-state index contributed by atoms with van der Waals surface area (Å²) in [5, 5.41) is 48.3. The number of hydrogen-bond acceptors (Lipinski definition) is 15. The minimum atomic E-state index is -3.58. The second-order valence-electron chi connectivity index (χ2n) is 15.3. The SMILES string of the molecule is O=Cc1c(O)cccc1O.O=Cc1c(O)cccc1OC[C@@H]1CCCN1S(=O)(=O)c1ccccc1.O=S(=O)(Cl)c1ccccc1.O=S(=O)(c1ccccc1)N1CCC[C@H]1CO.OC[C@@H]1CCCN1. The molecular weight excluding hydrogens is 962 g/mol. The van der Waals surface area contributed by atoms with Crippen LogP contribution < -0.4 is 10.1 Å². The molecule has 5 aromatic carbocycles. The summed E-state index contributed by atoms with van der Waals surface area (Å²) in [5.41, 5.74) is 0.000429. The highest BCUT2D eigenvalue weighted by molar-refractivity contribution is 8.13. The van der Waals surface area contributed by atoms with Crippen molar-refractivity contribution in [1.82, 2.24) is 13.9 Å². The van der Waals surface area contributed by atoms with Gasteiger partial charge in [-0.2, -0.15) is 8.61 Å². The lowest BCUT2D eigenvalue weighted by atomic mass is 10.2. The van der Waals surface area contributed by atoms with Crippen molar-refractivity contribution in [2.24, 2.45) is 0 Å². The van der Waals surface area contributed by atoms with Crippen LogP contribution in [0.5, 0.6) is 23.0 Å². The van der Waals surface area contributed by atoms with E-state index in [9.17, 15) is 39.9 Å². The molecule has 368 valence electrons. The summed E-state index contributed by atoms with van der Waals surface area (Å²) in [6.07, 6.45) is 6.30. The van der Waals surface area contributed by atoms with Crippen molar-refractivity contribution < 1.29 is 65.1 Å². The zero-order valence-corrected chi connectivity index (χ0v) is 40.1. The molecule has 0 bridgehead atoms. The number of phenols is 3. The number of ether oxygens (including phenoxy) is 1. The number of aliphatic hydroxyl groups excluding tert-OH is 2. The smallest absolute Gasteiger partial charge is 0.261 e. The molecule has 17 nitrogen and oxygen atoms in total. The molecule has 3 aliphatic rings. The molecule has 8 rings (SSSR count). The molecule has 0 aliphatic carbocycles. The van der Waals surface area contributed by atoms with Crippen LogP contribution in [0, 0.1) is 0 Å². The number of benzene rings is 5. The number of carbonyl (C=O) groups excluding carboxylic acids is 2. The highest BCUT2D eigenvalue weighted by Crippen LogP contribution is 2.30. The van der Waals surface area contributed by atoms with Crippen molar-refractivity contribution >= 4 is 52.4 Å². The Morgan fingerprint density at radius 3 is 1.38 bits per heavy atom. The van der Waals surface area contributed by atoms with Crippen molar-refractivity contribution in [3.63, 3.8) is 0 Å². The third-order valence-electron chi connectivity index (χ3n) is 10.7. The minimum Gasteiger partial charge on any atom is -0.507 e. The van der Waals surface area contributed by atoms with Gasteiger partial charge in [0.2, 0.25) is 20.0 Å². The highest BCUT2D eigenvalue weighted by Gasteiger charge is 2.36. The van der Waals surface area contributed by atoms with Gasteiger partial charge in [-0.1, -0.05) is 66.7 Å². The zero-order valence-electron chi connectivity index (χ0n) is 36.9. The number of aliphatic hydroxyl groups is 2. The summed E-state index contributed by atoms with van der Waals surface area (Å²) in [4.78, 5) is 21.9. The van der Waals surface area contributed by atoms with Crippen molar-refractivity contribution in [2.45, 2.75) is 71.3 Å². The van der Waals surface area contributed by atoms with E-state index in [1.165, 1.54) is 51.4 Å². The van der Waals surface area contributed by atoms with Gasteiger partial charge in [0.25, 0.3) is 9.05 Å². The van der Waals surface area contributed by atoms with Crippen LogP contribution >= 0.6 is 10.7 Å². The number of carbonyl (C=O) groups is 2. The second kappa shape index (κ2) is 26.9. The van der Waals surface area contributed by atoms with Gasteiger partial charge in [0.1, 0.15) is 29.6 Å². The monoisotopic (exact) mass is 1020 g/mol. The molecule has 3 fully saturated rings. The summed E-state index contributed by atoms with van der Waals surface area (Å²) in [6, 6.07) is 33.0. The van der Waals surface area contributed by atoms with Crippen LogP contribution in [-0.2, 0) is 29.1 Å². The lowest BCUT2D eigenvalue weighted by molar-refractivity contribution is 0.110. The van der Waals surface area contributed by atoms with Crippen LogP contribution in [-0.4, -0.2) is 130 Å². The maximum atomic E-state index is 12.8. The molecule has 0 amide bonds. The lowest BCUT2D eigenvalue weighted by Gasteiger charge is -2.24. The normalized spacial score (nSPS) is 18.2. The second-order valence-corrected chi connectivity index (χ2v) is 21.7. The first-order chi connectivity index (χ1) is 32.5. The van der Waals surface area contributed by atoms with Crippen LogP contribution in [0.25, 0.3) is 0 Å². The van der Waals surface area contributed by atoms with E-state index in [1.54, 1.807) is 91.0 Å². The van der Waals surface area contributed by atoms with E-state index >= 15 is 0 Å². The van der Waals surface area contributed by atoms with Crippen LogP contribution in [0.4, 0.5) is 0 Å². The third kappa shape index (κ3) is 15.8. The van der Waals surface area contributed by atoms with Gasteiger partial charge in [0.15, 0.2) is 12.6 Å². The molecule has 0 saturated carbocycles. The maximum Gasteiger partial charge on any atom is 0.261 e. The molecule has 6 N–H and O–H groups in total. The number of aromatic hydroxyl groups is 3. The first-order valence-corrected chi connectivity index (χ1v) is 26.6. The van der Waals surface area contributed by atoms with Crippen molar-refractivity contribution in [1.29, 1.82) is 0 Å². The fraction of sp³-hybridized carbons (Fsp3) is 0.319. The largest absolute Gasteiger partial charge is 0.507 e. The molecule has 3 aliphatic heterocycles. The summed E-state index contributed by atoms with van der Waals surface area (Å²) < 4.78 is 79.8. The van der Waals surface area contributed by atoms with Crippen LogP contribution in [0.15, 0.2) is 142 Å². The number of aldehydes is 2. The molecule has 0 aromatic heterocycles. The van der Waals surface area contributed by atoms with E-state index in [1.807, 2.05) is 0 Å². The molecule has 21 heteroatoms. The molecule has 3 saturated heterocycles. The molecule has 0 spiro atoms. The number of sulfonamides is 2. The van der Waals surface area contributed by atoms with Gasteiger partial charge in [-0.25, -0.2) is 25.3 Å². The van der Waals surface area contributed by atoms with Crippen LogP contribution in [0.3, 0.4) is 0 Å². The standard InChI is InChI=1S/C18H19NO5S.C11H15NO3S.C7H6O3.C6H5ClO2S.C5H11NO/c20-12-16-17(21)9-4-10-18(16)24-13-14-6-5-11-19(14)25(22,23)15-7-2-1-3-8-15;13-9-10-5-4-8-12(10)16(14,15)11-6-2-1-3-7-11;8-4-5-6(9)2-1-3-7(5)10;7-10(8,9)6-4-2-1-3-5-6;7-4-5-2-1-3-6-5/h1-4,7-10,12,14,21H,5-6,11,13H2;1-3,6-7,10,13H,4-5,8-9H2;1-4,9-10H;1-5H;5-7H,1-4H2/t14-;10-;;;5-/m00..0/s1. The fourth-order valence-corrected chi connectivity index (χ4v) is 11.4. The summed E-state index contributed by atoms with van der Waals surface area (Å²) in [6.45, 7) is 2.35. The van der Waals surface area contributed by atoms with Gasteiger partial charge >= 0.3 is 0 Å². The fourth-order valence-electron chi connectivity index (χ4n) is 7.18. The van der Waals surface area contributed by atoms with Crippen molar-refractivity contribution in [2.75, 3.05) is 39.5 Å². The number of phenolic OH excluding ortho intramolecular Hbond substituents is 3. The Balaban J connectivity index is 0.000000201. The maximum absolute atomic E-state index is 12.8. The molecule has 3 atom stereocenters. The Morgan fingerprint density at radius 1 is 0.559 bits per heavy atom. The molecular formula is C47H56ClN3O14S3. The van der Waals surface area contributed by atoms with E-state index in [-0.39, 0.29) is 69.2 Å². The predicted molar refractivity (Wildman–Crippen MR) is 256 cm³/mol. The zero-order chi connectivity index (χ0) is 49.7.